The molecule has 2 amide bonds. The molecule has 0 fully saturated rings. The molecular weight excluding hydrogens is 484 g/mol. The van der Waals surface area contributed by atoms with Crippen molar-refractivity contribution in [1.82, 2.24) is 9.88 Å². The average Bonchev–Trinajstić information content (AvgIpc) is 2.80. The zero-order valence-electron chi connectivity index (χ0n) is 20.9. The molecule has 0 aliphatic heterocycles. The number of aliphatic carboxylic acids is 1. The Hall–Kier alpha value is -2.40. The first-order chi connectivity index (χ1) is 16.1. The van der Waals surface area contributed by atoms with Crippen LogP contribution in [0.3, 0.4) is 0 Å². The van der Waals surface area contributed by atoms with Crippen LogP contribution in [0.1, 0.15) is 40.9 Å². The summed E-state index contributed by atoms with van der Waals surface area (Å²) in [6.07, 6.45) is 0.819. The first-order valence-corrected chi connectivity index (χ1v) is 10.4. The molecule has 1 aromatic heterocycles. The number of anilines is 1. The first kappa shape index (κ1) is 31.6. The van der Waals surface area contributed by atoms with E-state index in [0.29, 0.717) is 16.7 Å². The van der Waals surface area contributed by atoms with Crippen molar-refractivity contribution in [2.45, 2.75) is 26.3 Å². The Balaban J connectivity index is 0.00000324. The van der Waals surface area contributed by atoms with Crippen molar-refractivity contribution in [3.05, 3.63) is 81.8 Å². The number of rotatable bonds is 7. The van der Waals surface area contributed by atoms with Crippen molar-refractivity contribution in [3.63, 3.8) is 0 Å². The van der Waals surface area contributed by atoms with Gasteiger partial charge in [0.2, 0.25) is 0 Å². The summed E-state index contributed by atoms with van der Waals surface area (Å²) < 4.78 is 1.17. The van der Waals surface area contributed by atoms with Gasteiger partial charge in [0, 0.05) is 31.2 Å². The van der Waals surface area contributed by atoms with Crippen molar-refractivity contribution in [2.24, 2.45) is 7.05 Å². The molecule has 3 aromatic rings. The number of carbonyl (C=O) groups excluding carboxylic acids is 3. The van der Waals surface area contributed by atoms with Crippen molar-refractivity contribution in [3.8, 4) is 16.9 Å². The van der Waals surface area contributed by atoms with Crippen LogP contribution in [0.5, 0.6) is 5.75 Å². The molecule has 36 heavy (non-hydrogen) atoms. The van der Waals surface area contributed by atoms with Crippen molar-refractivity contribution in [1.29, 1.82) is 0 Å². The minimum atomic E-state index is -1.40. The second kappa shape index (κ2) is 13.8. The summed E-state index contributed by atoms with van der Waals surface area (Å²) in [6.45, 7) is 2.97. The van der Waals surface area contributed by atoms with Gasteiger partial charge in [-0.1, -0.05) is 42.1 Å². The summed E-state index contributed by atoms with van der Waals surface area (Å²) in [7, 11) is 1.45. The number of carboxylic acid groups (broad SMARTS) is 1. The Bertz CT molecular complexity index is 1340. The number of hydrogen-bond acceptors (Lipinski definition) is 6. The standard InChI is InChI=1S/C25H25N3O6.2Na/c1-14-13-28(3)24(33)22(23(14)32)27-25(34)26-20(12-21(30)31)19-9-5-8-18(11-19)17-7-4-6-16(10-17)15(2)29;;/h4-11,13,20,32H,12H2,1-3H3,(H,30,31)(H2,26,27,34);;/q;2*+1/p-2. The van der Waals surface area contributed by atoms with E-state index < -0.39 is 41.5 Å². The van der Waals surface area contributed by atoms with Crippen LogP contribution in [-0.4, -0.2) is 22.4 Å². The maximum Gasteiger partial charge on any atom is 1.00 e. The van der Waals surface area contributed by atoms with Crippen molar-refractivity contribution in [2.75, 3.05) is 5.32 Å². The van der Waals surface area contributed by atoms with E-state index in [4.69, 9.17) is 0 Å². The Morgan fingerprint density at radius 2 is 1.64 bits per heavy atom. The monoisotopic (exact) mass is 507 g/mol. The Labute approximate surface area is 252 Å². The number of benzene rings is 2. The summed E-state index contributed by atoms with van der Waals surface area (Å²) in [5.74, 6) is -2.11. The molecule has 3 rings (SSSR count). The van der Waals surface area contributed by atoms with Crippen LogP contribution in [0.2, 0.25) is 0 Å². The second-order valence-corrected chi connectivity index (χ2v) is 7.92. The van der Waals surface area contributed by atoms with Gasteiger partial charge in [-0.3, -0.25) is 9.59 Å². The van der Waals surface area contributed by atoms with Crippen LogP contribution in [0.4, 0.5) is 10.5 Å². The largest absolute Gasteiger partial charge is 1.00 e. The van der Waals surface area contributed by atoms with Crippen LogP contribution >= 0.6 is 0 Å². The summed E-state index contributed by atoms with van der Waals surface area (Å²) in [5, 5.41) is 28.4. The third-order valence-corrected chi connectivity index (χ3v) is 5.31. The number of carbonyl (C=O) groups is 3. The van der Waals surface area contributed by atoms with Gasteiger partial charge in [-0.25, -0.2) is 4.79 Å². The van der Waals surface area contributed by atoms with E-state index in [2.05, 4.69) is 10.6 Å². The predicted molar refractivity (Wildman–Crippen MR) is 122 cm³/mol. The van der Waals surface area contributed by atoms with E-state index in [1.165, 1.54) is 31.7 Å². The zero-order chi connectivity index (χ0) is 25.0. The van der Waals surface area contributed by atoms with E-state index in [9.17, 15) is 29.4 Å². The van der Waals surface area contributed by atoms with Crippen LogP contribution < -0.4 is 85.5 Å². The van der Waals surface area contributed by atoms with Gasteiger partial charge in [-0.05, 0) is 48.2 Å². The van der Waals surface area contributed by atoms with E-state index in [0.717, 1.165) is 5.56 Å². The molecule has 9 nitrogen and oxygen atoms in total. The van der Waals surface area contributed by atoms with E-state index in [1.807, 2.05) is 6.07 Å². The van der Waals surface area contributed by atoms with E-state index in [-0.39, 0.29) is 70.5 Å². The molecule has 0 saturated carbocycles. The first-order valence-electron chi connectivity index (χ1n) is 10.4. The molecule has 2 N–H and O–H groups in total. The molecule has 11 heteroatoms. The van der Waals surface area contributed by atoms with Gasteiger partial charge in [-0.2, -0.15) is 0 Å². The number of urea groups is 1. The molecule has 1 atom stereocenters. The molecule has 0 aliphatic carbocycles. The van der Waals surface area contributed by atoms with Crippen LogP contribution in [0.25, 0.3) is 11.1 Å². The minimum Gasteiger partial charge on any atom is -0.871 e. The molecule has 0 radical (unpaired) electrons. The maximum absolute atomic E-state index is 12.6. The maximum atomic E-state index is 12.6. The number of aromatic nitrogens is 1. The molecule has 0 aliphatic rings. The smallest absolute Gasteiger partial charge is 0.871 e. The van der Waals surface area contributed by atoms with Gasteiger partial charge in [0.25, 0.3) is 5.56 Å². The number of Topliss-reactive ketones (excluding diaryl/α,β-unsaturated/α-hetero) is 1. The summed E-state index contributed by atoms with van der Waals surface area (Å²) in [5.41, 5.74) is 1.59. The SMILES string of the molecule is CC(=O)c1cccc(-c2cccc(C(CC(=O)[O-])NC(=O)Nc3c([O-])c(C)cn(C)c3=O)c2)c1.[Na+].[Na+]. The Morgan fingerprint density at radius 1 is 1.03 bits per heavy atom. The topological polar surface area (TPSA) is 143 Å². The van der Waals surface area contributed by atoms with Crippen molar-refractivity contribution < 1.29 is 83.7 Å². The summed E-state index contributed by atoms with van der Waals surface area (Å²) in [6, 6.07) is 11.9. The number of nitrogens with zero attached hydrogens (tertiary/aromatic N) is 1. The normalized spacial score (nSPS) is 10.9. The summed E-state index contributed by atoms with van der Waals surface area (Å²) >= 11 is 0. The Kier molecular flexibility index (Phi) is 12.1. The number of pyridine rings is 1. The van der Waals surface area contributed by atoms with Gasteiger partial charge in [0.1, 0.15) is 5.69 Å². The Morgan fingerprint density at radius 3 is 2.25 bits per heavy atom. The average molecular weight is 507 g/mol. The van der Waals surface area contributed by atoms with E-state index >= 15 is 0 Å². The second-order valence-electron chi connectivity index (χ2n) is 7.92. The molecule has 0 spiro atoms. The molecular formula is C25H23N3Na2O6. The molecule has 1 unspecified atom stereocenters. The number of hydrogen-bond donors (Lipinski definition) is 2. The fraction of sp³-hybridized carbons (Fsp3) is 0.200. The fourth-order valence-electron chi connectivity index (χ4n) is 3.57. The van der Waals surface area contributed by atoms with Gasteiger partial charge in [-0.15, -0.1) is 0 Å². The van der Waals surface area contributed by atoms with Gasteiger partial charge < -0.3 is 30.2 Å². The van der Waals surface area contributed by atoms with Gasteiger partial charge >= 0.3 is 65.1 Å². The molecule has 176 valence electrons. The van der Waals surface area contributed by atoms with Crippen LogP contribution in [0.15, 0.2) is 59.5 Å². The van der Waals surface area contributed by atoms with Crippen LogP contribution in [-0.2, 0) is 11.8 Å². The fourth-order valence-corrected chi connectivity index (χ4v) is 3.57. The minimum absolute atomic E-state index is 0. The third-order valence-electron chi connectivity index (χ3n) is 5.31. The van der Waals surface area contributed by atoms with Crippen LogP contribution in [0, 0.1) is 6.92 Å². The number of amides is 2. The molecule has 0 saturated heterocycles. The summed E-state index contributed by atoms with van der Waals surface area (Å²) in [4.78, 5) is 48.0. The quantitative estimate of drug-likeness (QED) is 0.245. The number of ketones is 1. The van der Waals surface area contributed by atoms with Gasteiger partial charge in [0.15, 0.2) is 5.78 Å². The number of nitrogens with one attached hydrogen (secondary N) is 2. The zero-order valence-corrected chi connectivity index (χ0v) is 24.9. The number of carboxylic acids is 1. The molecule has 1 heterocycles. The van der Waals surface area contributed by atoms with E-state index in [1.54, 1.807) is 42.5 Å². The predicted octanol–water partition coefficient (Wildman–Crippen LogP) is -4.35. The number of aryl methyl sites for hydroxylation is 2. The molecule has 2 aromatic carbocycles. The third kappa shape index (κ3) is 7.80. The van der Waals surface area contributed by atoms with Gasteiger partial charge in [0.05, 0.1) is 6.04 Å². The molecule has 0 bridgehead atoms. The van der Waals surface area contributed by atoms with Crippen molar-refractivity contribution >= 4 is 23.5 Å².